The topological polar surface area (TPSA) is 55.1 Å². The van der Waals surface area contributed by atoms with Crippen LogP contribution in [-0.4, -0.2) is 11.9 Å². The molecule has 84 valence electrons. The Kier molecular flexibility index (Phi) is 1.83. The van der Waals surface area contributed by atoms with Gasteiger partial charge in [0.05, 0.1) is 11.7 Å². The van der Waals surface area contributed by atoms with Crippen molar-refractivity contribution in [1.29, 1.82) is 0 Å². The number of nitrogens with two attached hydrogens (primary N) is 1. The molecular formula is C11H10F2N2O. The van der Waals surface area contributed by atoms with Crippen LogP contribution in [0, 0.1) is 17.6 Å². The molecule has 1 aromatic carbocycles. The Balaban J connectivity index is 2.15. The van der Waals surface area contributed by atoms with Crippen molar-refractivity contribution in [2.45, 2.75) is 18.4 Å². The van der Waals surface area contributed by atoms with Gasteiger partial charge in [-0.2, -0.15) is 0 Å². The maximum absolute atomic E-state index is 13.5. The molecule has 1 fully saturated rings. The van der Waals surface area contributed by atoms with Gasteiger partial charge < -0.3 is 11.1 Å². The summed E-state index contributed by atoms with van der Waals surface area (Å²) in [4.78, 5) is 11.6. The first-order valence-electron chi connectivity index (χ1n) is 5.13. The minimum atomic E-state index is -0.733. The van der Waals surface area contributed by atoms with E-state index < -0.39 is 23.6 Å². The summed E-state index contributed by atoms with van der Waals surface area (Å²) in [5.41, 5.74) is 6.32. The number of benzene rings is 1. The van der Waals surface area contributed by atoms with Gasteiger partial charge in [0, 0.05) is 6.07 Å². The third-order valence-corrected chi connectivity index (χ3v) is 3.34. The highest BCUT2D eigenvalue weighted by molar-refractivity contribution is 5.97. The van der Waals surface area contributed by atoms with Crippen molar-refractivity contribution >= 4 is 11.6 Å². The van der Waals surface area contributed by atoms with Crippen LogP contribution in [0.1, 0.15) is 17.9 Å². The molecule has 0 bridgehead atoms. The van der Waals surface area contributed by atoms with Crippen molar-refractivity contribution in [3.63, 3.8) is 0 Å². The molecular weight excluding hydrogens is 214 g/mol. The number of hydrogen-bond donors (Lipinski definition) is 2. The zero-order valence-corrected chi connectivity index (χ0v) is 8.34. The molecule has 0 radical (unpaired) electrons. The molecule has 0 aromatic heterocycles. The third-order valence-electron chi connectivity index (χ3n) is 3.34. The van der Waals surface area contributed by atoms with E-state index in [1.807, 2.05) is 0 Å². The van der Waals surface area contributed by atoms with Gasteiger partial charge >= 0.3 is 0 Å². The Bertz CT molecular complexity index is 489. The minimum Gasteiger partial charge on any atom is -0.322 e. The number of amides is 1. The van der Waals surface area contributed by atoms with Crippen LogP contribution in [0.5, 0.6) is 0 Å². The highest BCUT2D eigenvalue weighted by atomic mass is 19.1. The van der Waals surface area contributed by atoms with Gasteiger partial charge in [-0.15, -0.1) is 0 Å². The SMILES string of the molecule is N[C@@H]1C(=O)Nc2c(F)cc(F)cc2[C@@H]2C[C@H]12. The van der Waals surface area contributed by atoms with Gasteiger partial charge in [-0.3, -0.25) is 4.79 Å². The van der Waals surface area contributed by atoms with Crippen LogP contribution in [0.15, 0.2) is 12.1 Å². The normalized spacial score (nSPS) is 31.2. The van der Waals surface area contributed by atoms with Gasteiger partial charge in [0.2, 0.25) is 5.91 Å². The van der Waals surface area contributed by atoms with E-state index >= 15 is 0 Å². The molecule has 0 spiro atoms. The zero-order chi connectivity index (χ0) is 11.4. The van der Waals surface area contributed by atoms with Crippen LogP contribution >= 0.6 is 0 Å². The Morgan fingerprint density at radius 1 is 1.38 bits per heavy atom. The fraction of sp³-hybridized carbons (Fsp3) is 0.364. The number of carbonyl (C=O) groups excluding carboxylic acids is 1. The van der Waals surface area contributed by atoms with Gasteiger partial charge in [0.15, 0.2) is 0 Å². The summed E-state index contributed by atoms with van der Waals surface area (Å²) in [5.74, 6) is -1.72. The molecule has 0 unspecified atom stereocenters. The first kappa shape index (κ1) is 9.72. The summed E-state index contributed by atoms with van der Waals surface area (Å²) in [6, 6.07) is 1.43. The molecule has 1 aliphatic heterocycles. The van der Waals surface area contributed by atoms with Crippen LogP contribution in [0.25, 0.3) is 0 Å². The van der Waals surface area contributed by atoms with Crippen LogP contribution in [0.2, 0.25) is 0 Å². The number of carbonyl (C=O) groups is 1. The van der Waals surface area contributed by atoms with Crippen LogP contribution in [0.4, 0.5) is 14.5 Å². The Morgan fingerprint density at radius 3 is 2.88 bits per heavy atom. The van der Waals surface area contributed by atoms with Crippen LogP contribution in [-0.2, 0) is 4.79 Å². The highest BCUT2D eigenvalue weighted by Gasteiger charge is 2.49. The zero-order valence-electron chi connectivity index (χ0n) is 8.34. The second-order valence-electron chi connectivity index (χ2n) is 4.37. The largest absolute Gasteiger partial charge is 0.322 e. The smallest absolute Gasteiger partial charge is 0.241 e. The molecule has 3 atom stereocenters. The van der Waals surface area contributed by atoms with Crippen molar-refractivity contribution in [3.05, 3.63) is 29.3 Å². The summed E-state index contributed by atoms with van der Waals surface area (Å²) in [6.45, 7) is 0. The lowest BCUT2D eigenvalue weighted by Crippen LogP contribution is -2.36. The molecule has 1 aromatic rings. The van der Waals surface area contributed by atoms with Gasteiger partial charge in [-0.25, -0.2) is 8.78 Å². The molecule has 1 aliphatic carbocycles. The van der Waals surface area contributed by atoms with Crippen LogP contribution in [0.3, 0.4) is 0 Å². The molecule has 1 saturated carbocycles. The maximum Gasteiger partial charge on any atom is 0.241 e. The summed E-state index contributed by atoms with van der Waals surface area (Å²) >= 11 is 0. The van der Waals surface area contributed by atoms with E-state index in [1.54, 1.807) is 0 Å². The van der Waals surface area contributed by atoms with Crippen molar-refractivity contribution in [1.82, 2.24) is 0 Å². The molecule has 16 heavy (non-hydrogen) atoms. The fourth-order valence-corrected chi connectivity index (χ4v) is 2.39. The first-order valence-corrected chi connectivity index (χ1v) is 5.13. The van der Waals surface area contributed by atoms with Gasteiger partial charge in [-0.05, 0) is 29.9 Å². The number of hydrogen-bond acceptors (Lipinski definition) is 2. The molecule has 1 heterocycles. The number of halogens is 2. The molecule has 1 amide bonds. The van der Waals surface area contributed by atoms with E-state index in [4.69, 9.17) is 5.73 Å². The van der Waals surface area contributed by atoms with Crippen molar-refractivity contribution in [2.24, 2.45) is 11.7 Å². The Hall–Kier alpha value is -1.49. The summed E-state index contributed by atoms with van der Waals surface area (Å²) < 4.78 is 26.6. The summed E-state index contributed by atoms with van der Waals surface area (Å²) in [5, 5.41) is 2.42. The van der Waals surface area contributed by atoms with Crippen molar-refractivity contribution < 1.29 is 13.6 Å². The predicted octanol–water partition coefficient (Wildman–Crippen LogP) is 1.35. The Morgan fingerprint density at radius 2 is 2.12 bits per heavy atom. The minimum absolute atomic E-state index is 0.00847. The van der Waals surface area contributed by atoms with Crippen molar-refractivity contribution in [2.75, 3.05) is 5.32 Å². The van der Waals surface area contributed by atoms with Gasteiger partial charge in [-0.1, -0.05) is 0 Å². The first-order chi connectivity index (χ1) is 7.58. The van der Waals surface area contributed by atoms with E-state index in [9.17, 15) is 13.6 Å². The second-order valence-corrected chi connectivity index (χ2v) is 4.37. The van der Waals surface area contributed by atoms with E-state index in [2.05, 4.69) is 5.32 Å². The number of fused-ring (bicyclic) bond motifs is 3. The van der Waals surface area contributed by atoms with Gasteiger partial charge in [0.25, 0.3) is 0 Å². The maximum atomic E-state index is 13.5. The lowest BCUT2D eigenvalue weighted by molar-refractivity contribution is -0.117. The molecule has 2 aliphatic rings. The molecule has 3 N–H and O–H groups in total. The lowest BCUT2D eigenvalue weighted by atomic mass is 10.1. The van der Waals surface area contributed by atoms with E-state index in [0.29, 0.717) is 5.56 Å². The molecule has 3 nitrogen and oxygen atoms in total. The van der Waals surface area contributed by atoms with E-state index in [0.717, 1.165) is 12.5 Å². The quantitative estimate of drug-likeness (QED) is 0.698. The molecule has 0 saturated heterocycles. The third kappa shape index (κ3) is 1.24. The standard InChI is InChI=1S/C11H10F2N2O/c12-4-1-7-5-3-6(5)9(14)11(16)15-10(7)8(13)2-4/h1-2,5-6,9H,3,14H2,(H,15,16)/t5-,6+,9+/m1/s1. The van der Waals surface area contributed by atoms with E-state index in [1.165, 1.54) is 6.07 Å². The monoisotopic (exact) mass is 224 g/mol. The van der Waals surface area contributed by atoms with Crippen LogP contribution < -0.4 is 11.1 Å². The fourth-order valence-electron chi connectivity index (χ4n) is 2.39. The number of rotatable bonds is 0. The summed E-state index contributed by atoms with van der Waals surface area (Å²) in [6.07, 6.45) is 0.727. The Labute approximate surface area is 90.6 Å². The van der Waals surface area contributed by atoms with E-state index in [-0.39, 0.29) is 17.5 Å². The molecule has 3 rings (SSSR count). The lowest BCUT2D eigenvalue weighted by Gasteiger charge is -2.10. The summed E-state index contributed by atoms with van der Waals surface area (Å²) in [7, 11) is 0. The number of nitrogens with one attached hydrogen (secondary N) is 1. The highest BCUT2D eigenvalue weighted by Crippen LogP contribution is 2.53. The second kappa shape index (κ2) is 3.01. The predicted molar refractivity (Wildman–Crippen MR) is 53.8 cm³/mol. The van der Waals surface area contributed by atoms with Crippen molar-refractivity contribution in [3.8, 4) is 0 Å². The average Bonchev–Trinajstić information content (AvgIpc) is 2.99. The molecule has 5 heteroatoms. The number of anilines is 1. The average molecular weight is 224 g/mol. The van der Waals surface area contributed by atoms with Gasteiger partial charge in [0.1, 0.15) is 11.6 Å².